The van der Waals surface area contributed by atoms with Gasteiger partial charge in [-0.1, -0.05) is 11.2 Å². The molecule has 1 aromatic rings. The largest absolute Gasteiger partial charge is 0.494 e. The van der Waals surface area contributed by atoms with Crippen molar-refractivity contribution in [1.29, 1.82) is 5.26 Å². The van der Waals surface area contributed by atoms with Crippen LogP contribution in [0.15, 0.2) is 23.3 Å². The monoisotopic (exact) mass is 249 g/mol. The van der Waals surface area contributed by atoms with Gasteiger partial charge in [0.2, 0.25) is 0 Å². The van der Waals surface area contributed by atoms with Gasteiger partial charge in [-0.2, -0.15) is 5.26 Å². The zero-order valence-corrected chi connectivity index (χ0v) is 9.80. The minimum absolute atomic E-state index is 0.129. The standard InChI is InChI=1S/C11H12FN5O/c1-18-11-3-2-8(6-9(11)12)10(7-13)15-4-5-16-17-14/h2-3,6,10,15H,4-5H2,1H3. The van der Waals surface area contributed by atoms with E-state index in [-0.39, 0.29) is 12.3 Å². The number of halogens is 1. The second kappa shape index (κ2) is 7.12. The molecule has 0 saturated carbocycles. The van der Waals surface area contributed by atoms with Gasteiger partial charge in [-0.15, -0.1) is 0 Å². The summed E-state index contributed by atoms with van der Waals surface area (Å²) < 4.78 is 18.3. The van der Waals surface area contributed by atoms with Crippen LogP contribution >= 0.6 is 0 Å². The molecule has 1 atom stereocenters. The van der Waals surface area contributed by atoms with E-state index in [4.69, 9.17) is 15.5 Å². The van der Waals surface area contributed by atoms with Crippen LogP contribution in [-0.4, -0.2) is 20.2 Å². The summed E-state index contributed by atoms with van der Waals surface area (Å²) >= 11 is 0. The van der Waals surface area contributed by atoms with E-state index in [0.717, 1.165) is 0 Å². The van der Waals surface area contributed by atoms with Gasteiger partial charge in [0, 0.05) is 18.0 Å². The number of azide groups is 1. The third kappa shape index (κ3) is 3.63. The van der Waals surface area contributed by atoms with E-state index >= 15 is 0 Å². The first-order valence-electron chi connectivity index (χ1n) is 5.20. The number of hydrogen-bond donors (Lipinski definition) is 1. The molecule has 6 nitrogen and oxygen atoms in total. The Bertz CT molecular complexity index is 493. The fourth-order valence-corrected chi connectivity index (χ4v) is 1.40. The quantitative estimate of drug-likeness (QED) is 0.362. The highest BCUT2D eigenvalue weighted by molar-refractivity contribution is 5.33. The first kappa shape index (κ1) is 13.8. The SMILES string of the molecule is COc1ccc(C(C#N)NCCN=[N+]=[N-])cc1F. The highest BCUT2D eigenvalue weighted by Gasteiger charge is 2.12. The fraction of sp³-hybridized carbons (Fsp3) is 0.364. The molecule has 0 heterocycles. The molecule has 0 radical (unpaired) electrons. The van der Waals surface area contributed by atoms with Gasteiger partial charge in [0.25, 0.3) is 0 Å². The molecule has 0 aromatic heterocycles. The third-order valence-corrected chi connectivity index (χ3v) is 2.26. The summed E-state index contributed by atoms with van der Waals surface area (Å²) in [4.78, 5) is 2.59. The third-order valence-electron chi connectivity index (χ3n) is 2.26. The van der Waals surface area contributed by atoms with Gasteiger partial charge < -0.3 is 4.74 Å². The molecule has 1 aromatic carbocycles. The number of rotatable bonds is 6. The van der Waals surface area contributed by atoms with Crippen LogP contribution in [0.3, 0.4) is 0 Å². The van der Waals surface area contributed by atoms with Gasteiger partial charge in [0.05, 0.1) is 13.2 Å². The summed E-state index contributed by atoms with van der Waals surface area (Å²) in [6.45, 7) is 0.573. The normalized spacial score (nSPS) is 11.2. The Morgan fingerprint density at radius 1 is 1.67 bits per heavy atom. The lowest BCUT2D eigenvalue weighted by atomic mass is 10.1. The Kier molecular flexibility index (Phi) is 5.45. The Labute approximate surface area is 104 Å². The van der Waals surface area contributed by atoms with Crippen LogP contribution in [-0.2, 0) is 0 Å². The lowest BCUT2D eigenvalue weighted by Gasteiger charge is -2.12. The van der Waals surface area contributed by atoms with E-state index in [2.05, 4.69) is 15.3 Å². The van der Waals surface area contributed by atoms with Crippen molar-refractivity contribution in [2.75, 3.05) is 20.2 Å². The van der Waals surface area contributed by atoms with Crippen LogP contribution < -0.4 is 10.1 Å². The zero-order chi connectivity index (χ0) is 13.4. The number of benzene rings is 1. The molecule has 1 unspecified atom stereocenters. The van der Waals surface area contributed by atoms with Gasteiger partial charge in [-0.05, 0) is 23.2 Å². The smallest absolute Gasteiger partial charge is 0.165 e. The van der Waals surface area contributed by atoms with Crippen molar-refractivity contribution in [2.24, 2.45) is 5.11 Å². The molecular formula is C11H12FN5O. The molecule has 1 rings (SSSR count). The highest BCUT2D eigenvalue weighted by Crippen LogP contribution is 2.21. The maximum Gasteiger partial charge on any atom is 0.165 e. The average molecular weight is 249 g/mol. The number of nitriles is 1. The second-order valence-corrected chi connectivity index (χ2v) is 3.36. The van der Waals surface area contributed by atoms with E-state index in [1.165, 1.54) is 19.2 Å². The highest BCUT2D eigenvalue weighted by atomic mass is 19.1. The Morgan fingerprint density at radius 3 is 3.00 bits per heavy atom. The van der Waals surface area contributed by atoms with E-state index in [0.29, 0.717) is 12.1 Å². The van der Waals surface area contributed by atoms with Gasteiger partial charge in [0.1, 0.15) is 6.04 Å². The van der Waals surface area contributed by atoms with Gasteiger partial charge >= 0.3 is 0 Å². The number of methoxy groups -OCH3 is 1. The van der Waals surface area contributed by atoms with Crippen molar-refractivity contribution >= 4 is 0 Å². The first-order valence-corrected chi connectivity index (χ1v) is 5.20. The summed E-state index contributed by atoms with van der Waals surface area (Å²) in [5.41, 5.74) is 8.60. The number of hydrogen-bond acceptors (Lipinski definition) is 4. The van der Waals surface area contributed by atoms with Crippen molar-refractivity contribution < 1.29 is 9.13 Å². The molecule has 0 aliphatic carbocycles. The predicted molar refractivity (Wildman–Crippen MR) is 63.3 cm³/mol. The Morgan fingerprint density at radius 2 is 2.44 bits per heavy atom. The van der Waals surface area contributed by atoms with Crippen molar-refractivity contribution in [3.8, 4) is 11.8 Å². The van der Waals surface area contributed by atoms with E-state index in [9.17, 15) is 4.39 Å². The second-order valence-electron chi connectivity index (χ2n) is 3.36. The minimum Gasteiger partial charge on any atom is -0.494 e. The van der Waals surface area contributed by atoms with Crippen LogP contribution in [0.2, 0.25) is 0 Å². The molecular weight excluding hydrogens is 237 g/mol. The molecule has 94 valence electrons. The number of nitrogens with zero attached hydrogens (tertiary/aromatic N) is 4. The minimum atomic E-state index is -0.653. The summed E-state index contributed by atoms with van der Waals surface area (Å²) in [5, 5.41) is 15.2. The molecule has 0 bridgehead atoms. The van der Waals surface area contributed by atoms with Crippen molar-refractivity contribution in [1.82, 2.24) is 5.32 Å². The van der Waals surface area contributed by atoms with Crippen molar-refractivity contribution in [3.63, 3.8) is 0 Å². The molecule has 0 aliphatic rings. The molecule has 0 amide bonds. The Balaban J connectivity index is 2.73. The topological polar surface area (TPSA) is 93.8 Å². The summed E-state index contributed by atoms with van der Waals surface area (Å²) in [6.07, 6.45) is 0. The van der Waals surface area contributed by atoms with Crippen LogP contribution in [0.5, 0.6) is 5.75 Å². The molecule has 0 spiro atoms. The van der Waals surface area contributed by atoms with Crippen LogP contribution in [0.25, 0.3) is 10.4 Å². The maximum atomic E-state index is 13.5. The summed E-state index contributed by atoms with van der Waals surface area (Å²) in [6, 6.07) is 5.67. The van der Waals surface area contributed by atoms with E-state index < -0.39 is 11.9 Å². The number of ether oxygens (including phenoxy) is 1. The van der Waals surface area contributed by atoms with Crippen molar-refractivity contribution in [2.45, 2.75) is 6.04 Å². The lowest BCUT2D eigenvalue weighted by molar-refractivity contribution is 0.386. The van der Waals surface area contributed by atoms with E-state index in [1.807, 2.05) is 6.07 Å². The van der Waals surface area contributed by atoms with Crippen LogP contribution in [0.4, 0.5) is 4.39 Å². The first-order chi connectivity index (χ1) is 8.72. The predicted octanol–water partition coefficient (Wildman–Crippen LogP) is 2.30. The van der Waals surface area contributed by atoms with Crippen LogP contribution in [0.1, 0.15) is 11.6 Å². The van der Waals surface area contributed by atoms with Crippen LogP contribution in [0, 0.1) is 17.1 Å². The molecule has 0 saturated heterocycles. The Hall–Kier alpha value is -2.29. The molecule has 7 heteroatoms. The van der Waals surface area contributed by atoms with Gasteiger partial charge in [0.15, 0.2) is 11.6 Å². The van der Waals surface area contributed by atoms with Gasteiger partial charge in [-0.3, -0.25) is 5.32 Å². The lowest BCUT2D eigenvalue weighted by Crippen LogP contribution is -2.22. The molecule has 0 fully saturated rings. The molecule has 18 heavy (non-hydrogen) atoms. The van der Waals surface area contributed by atoms with Gasteiger partial charge in [-0.25, -0.2) is 4.39 Å². The summed E-state index contributed by atoms with van der Waals surface area (Å²) in [7, 11) is 1.37. The van der Waals surface area contributed by atoms with Crippen molar-refractivity contribution in [3.05, 3.63) is 40.0 Å². The molecule has 0 aliphatic heterocycles. The summed E-state index contributed by atoms with van der Waals surface area (Å²) in [5.74, 6) is -0.392. The fourth-order valence-electron chi connectivity index (χ4n) is 1.40. The number of nitrogens with one attached hydrogen (secondary N) is 1. The molecule has 1 N–H and O–H groups in total. The van der Waals surface area contributed by atoms with E-state index in [1.54, 1.807) is 6.07 Å². The maximum absolute atomic E-state index is 13.5. The average Bonchev–Trinajstić information content (AvgIpc) is 2.39. The zero-order valence-electron chi connectivity index (χ0n) is 9.80.